The third-order valence-corrected chi connectivity index (χ3v) is 4.10. The van der Waals surface area contributed by atoms with Crippen LogP contribution in [0.5, 0.6) is 0 Å². The highest BCUT2D eigenvalue weighted by atomic mass is 19.1. The van der Waals surface area contributed by atoms with E-state index in [0.717, 1.165) is 12.8 Å². The Bertz CT molecular complexity index is 450. The molecule has 0 aliphatic heterocycles. The van der Waals surface area contributed by atoms with Crippen LogP contribution in [0.3, 0.4) is 0 Å². The molecule has 0 N–H and O–H groups in total. The molecule has 2 nitrogen and oxygen atoms in total. The van der Waals surface area contributed by atoms with E-state index in [1.54, 1.807) is 19.1 Å². The third-order valence-electron chi connectivity index (χ3n) is 4.10. The second-order valence-corrected chi connectivity index (χ2v) is 5.53. The molecule has 2 rings (SSSR count). The summed E-state index contributed by atoms with van der Waals surface area (Å²) >= 11 is 0. The molecule has 1 aliphatic carbocycles. The molecule has 1 saturated carbocycles. The molecular formula is C16H22FNO. The van der Waals surface area contributed by atoms with Crippen molar-refractivity contribution in [3.05, 3.63) is 35.1 Å². The van der Waals surface area contributed by atoms with E-state index < -0.39 is 0 Å². The summed E-state index contributed by atoms with van der Waals surface area (Å²) in [6, 6.07) is 4.94. The first kappa shape index (κ1) is 14.0. The van der Waals surface area contributed by atoms with Gasteiger partial charge in [-0.3, -0.25) is 4.79 Å². The van der Waals surface area contributed by atoms with Gasteiger partial charge in [0, 0.05) is 18.7 Å². The van der Waals surface area contributed by atoms with Crippen molar-refractivity contribution in [3.63, 3.8) is 0 Å². The Morgan fingerprint density at radius 1 is 1.21 bits per heavy atom. The molecule has 0 spiro atoms. The van der Waals surface area contributed by atoms with E-state index >= 15 is 0 Å². The Kier molecular flexibility index (Phi) is 4.56. The van der Waals surface area contributed by atoms with Crippen molar-refractivity contribution in [2.24, 2.45) is 0 Å². The molecule has 1 aromatic carbocycles. The molecule has 0 heterocycles. The van der Waals surface area contributed by atoms with Crippen LogP contribution in [0.2, 0.25) is 0 Å². The molecule has 0 aromatic heterocycles. The van der Waals surface area contributed by atoms with Crippen molar-refractivity contribution >= 4 is 5.91 Å². The smallest absolute Gasteiger partial charge is 0.253 e. The maximum atomic E-state index is 13.2. The quantitative estimate of drug-likeness (QED) is 0.740. The van der Waals surface area contributed by atoms with Crippen molar-refractivity contribution in [1.29, 1.82) is 0 Å². The second-order valence-electron chi connectivity index (χ2n) is 5.53. The number of benzene rings is 1. The Hall–Kier alpha value is -1.38. The summed E-state index contributed by atoms with van der Waals surface area (Å²) < 4.78 is 13.2. The van der Waals surface area contributed by atoms with Crippen molar-refractivity contribution in [2.45, 2.75) is 51.5 Å². The topological polar surface area (TPSA) is 20.3 Å². The number of amides is 1. The summed E-state index contributed by atoms with van der Waals surface area (Å²) in [5.41, 5.74) is 1.12. The molecule has 0 saturated heterocycles. The molecule has 1 amide bonds. The Morgan fingerprint density at radius 3 is 2.42 bits per heavy atom. The summed E-state index contributed by atoms with van der Waals surface area (Å²) in [4.78, 5) is 14.3. The van der Waals surface area contributed by atoms with Gasteiger partial charge in [0.1, 0.15) is 5.82 Å². The lowest BCUT2D eigenvalue weighted by Gasteiger charge is -2.27. The molecule has 0 unspecified atom stereocenters. The number of carbonyl (C=O) groups excluding carboxylic acids is 1. The normalized spacial score (nSPS) is 17.0. The summed E-state index contributed by atoms with van der Waals surface area (Å²) in [6.45, 7) is 1.69. The number of halogens is 1. The van der Waals surface area contributed by atoms with Crippen molar-refractivity contribution in [2.75, 3.05) is 7.05 Å². The fraction of sp³-hybridized carbons (Fsp3) is 0.562. The van der Waals surface area contributed by atoms with E-state index in [-0.39, 0.29) is 11.7 Å². The maximum Gasteiger partial charge on any atom is 0.253 e. The van der Waals surface area contributed by atoms with E-state index in [1.807, 2.05) is 11.9 Å². The molecular weight excluding hydrogens is 241 g/mol. The lowest BCUT2D eigenvalue weighted by molar-refractivity contribution is 0.0717. The van der Waals surface area contributed by atoms with Gasteiger partial charge in [0.2, 0.25) is 0 Å². The van der Waals surface area contributed by atoms with Gasteiger partial charge in [-0.05, 0) is 43.5 Å². The molecule has 1 aliphatic rings. The predicted molar refractivity (Wildman–Crippen MR) is 74.7 cm³/mol. The standard InChI is InChI=1S/C16H22FNO/c1-12-11-13(9-10-15(12)17)16(19)18(2)14-7-5-3-4-6-8-14/h9-11,14H,3-8H2,1-2H3. The van der Waals surface area contributed by atoms with Gasteiger partial charge >= 0.3 is 0 Å². The minimum absolute atomic E-state index is 0.00926. The van der Waals surface area contributed by atoms with Gasteiger partial charge in [-0.15, -0.1) is 0 Å². The zero-order chi connectivity index (χ0) is 13.8. The summed E-state index contributed by atoms with van der Waals surface area (Å²) in [6.07, 6.45) is 7.11. The van der Waals surface area contributed by atoms with Crippen molar-refractivity contribution in [3.8, 4) is 0 Å². The van der Waals surface area contributed by atoms with Crippen LogP contribution in [0.4, 0.5) is 4.39 Å². The third kappa shape index (κ3) is 3.34. The predicted octanol–water partition coefficient (Wildman–Crippen LogP) is 3.93. The Morgan fingerprint density at radius 2 is 1.84 bits per heavy atom. The maximum absolute atomic E-state index is 13.2. The van der Waals surface area contributed by atoms with Gasteiger partial charge in [0.05, 0.1) is 0 Å². The average Bonchev–Trinajstić information content (AvgIpc) is 2.69. The van der Waals surface area contributed by atoms with Crippen LogP contribution in [0, 0.1) is 12.7 Å². The monoisotopic (exact) mass is 263 g/mol. The van der Waals surface area contributed by atoms with E-state index in [1.165, 1.54) is 31.7 Å². The number of rotatable bonds is 2. The van der Waals surface area contributed by atoms with Gasteiger partial charge in [-0.1, -0.05) is 25.7 Å². The highest BCUT2D eigenvalue weighted by Gasteiger charge is 2.22. The van der Waals surface area contributed by atoms with E-state index in [0.29, 0.717) is 17.2 Å². The first-order valence-electron chi connectivity index (χ1n) is 7.13. The van der Waals surface area contributed by atoms with Gasteiger partial charge in [0.25, 0.3) is 5.91 Å². The Balaban J connectivity index is 2.10. The summed E-state index contributed by atoms with van der Waals surface area (Å²) in [7, 11) is 1.87. The highest BCUT2D eigenvalue weighted by Crippen LogP contribution is 2.22. The van der Waals surface area contributed by atoms with Crippen LogP contribution in [0.1, 0.15) is 54.4 Å². The molecule has 19 heavy (non-hydrogen) atoms. The molecule has 0 bridgehead atoms. The van der Waals surface area contributed by atoms with Gasteiger partial charge in [-0.25, -0.2) is 4.39 Å². The average molecular weight is 263 g/mol. The largest absolute Gasteiger partial charge is 0.339 e. The number of hydrogen-bond donors (Lipinski definition) is 0. The van der Waals surface area contributed by atoms with Crippen LogP contribution in [-0.2, 0) is 0 Å². The SMILES string of the molecule is Cc1cc(C(=O)N(C)C2CCCCCC2)ccc1F. The van der Waals surface area contributed by atoms with Gasteiger partial charge in [-0.2, -0.15) is 0 Å². The molecule has 0 radical (unpaired) electrons. The first-order valence-corrected chi connectivity index (χ1v) is 7.13. The molecule has 104 valence electrons. The Labute approximate surface area is 114 Å². The van der Waals surface area contributed by atoms with E-state index in [2.05, 4.69) is 0 Å². The molecule has 1 fully saturated rings. The lowest BCUT2D eigenvalue weighted by Crippen LogP contribution is -2.36. The summed E-state index contributed by atoms with van der Waals surface area (Å²) in [5, 5.41) is 0. The van der Waals surface area contributed by atoms with E-state index in [9.17, 15) is 9.18 Å². The van der Waals surface area contributed by atoms with Gasteiger partial charge in [0.15, 0.2) is 0 Å². The molecule has 3 heteroatoms. The summed E-state index contributed by atoms with van der Waals surface area (Å²) in [5.74, 6) is -0.247. The minimum Gasteiger partial charge on any atom is -0.339 e. The number of carbonyl (C=O) groups is 1. The highest BCUT2D eigenvalue weighted by molar-refractivity contribution is 5.94. The van der Waals surface area contributed by atoms with E-state index in [4.69, 9.17) is 0 Å². The molecule has 0 atom stereocenters. The fourth-order valence-corrected chi connectivity index (χ4v) is 2.79. The minimum atomic E-state index is -0.256. The van der Waals surface area contributed by atoms with Crippen LogP contribution in [-0.4, -0.2) is 23.9 Å². The van der Waals surface area contributed by atoms with Crippen LogP contribution in [0.25, 0.3) is 0 Å². The molecule has 1 aromatic rings. The lowest BCUT2D eigenvalue weighted by atomic mass is 10.1. The van der Waals surface area contributed by atoms with Crippen molar-refractivity contribution in [1.82, 2.24) is 4.90 Å². The number of hydrogen-bond acceptors (Lipinski definition) is 1. The van der Waals surface area contributed by atoms with Gasteiger partial charge < -0.3 is 4.90 Å². The first-order chi connectivity index (χ1) is 9.09. The fourth-order valence-electron chi connectivity index (χ4n) is 2.79. The van der Waals surface area contributed by atoms with Crippen LogP contribution < -0.4 is 0 Å². The second kappa shape index (κ2) is 6.18. The number of aryl methyl sites for hydroxylation is 1. The van der Waals surface area contributed by atoms with Crippen molar-refractivity contribution < 1.29 is 9.18 Å². The zero-order valence-corrected chi connectivity index (χ0v) is 11.8. The zero-order valence-electron chi connectivity index (χ0n) is 11.8. The van der Waals surface area contributed by atoms with Crippen LogP contribution in [0.15, 0.2) is 18.2 Å². The van der Waals surface area contributed by atoms with Crippen LogP contribution >= 0.6 is 0 Å². The number of nitrogens with zero attached hydrogens (tertiary/aromatic N) is 1.